The minimum absolute atomic E-state index is 0.132. The SMILES string of the molecule is O=C1CCC23OC=CC2C2(Nc4ccccc4NC2=O)c2c(F)cccc2N13. The minimum Gasteiger partial charge on any atom is -0.475 e. The number of nitrogens with zero attached hydrogens (tertiary/aromatic N) is 1. The summed E-state index contributed by atoms with van der Waals surface area (Å²) in [6.07, 6.45) is 4.00. The summed E-state index contributed by atoms with van der Waals surface area (Å²) in [6.45, 7) is 0. The number of hydrogen-bond donors (Lipinski definition) is 2. The van der Waals surface area contributed by atoms with Gasteiger partial charge in [-0.1, -0.05) is 18.2 Å². The number of hydrogen-bond acceptors (Lipinski definition) is 4. The lowest BCUT2D eigenvalue weighted by molar-refractivity contribution is -0.128. The molecule has 2 spiro atoms. The van der Waals surface area contributed by atoms with Crippen LogP contribution in [0.1, 0.15) is 18.4 Å². The van der Waals surface area contributed by atoms with Gasteiger partial charge in [-0.3, -0.25) is 14.5 Å². The predicted octanol–water partition coefficient (Wildman–Crippen LogP) is 3.08. The molecule has 28 heavy (non-hydrogen) atoms. The van der Waals surface area contributed by atoms with Crippen LogP contribution in [0.4, 0.5) is 21.5 Å². The summed E-state index contributed by atoms with van der Waals surface area (Å²) in [5.74, 6) is -1.61. The molecule has 0 aromatic heterocycles. The molecule has 4 aliphatic heterocycles. The van der Waals surface area contributed by atoms with Crippen LogP contribution in [0.15, 0.2) is 54.8 Å². The minimum atomic E-state index is -1.43. The summed E-state index contributed by atoms with van der Waals surface area (Å²) >= 11 is 0. The molecule has 0 radical (unpaired) electrons. The van der Waals surface area contributed by atoms with Gasteiger partial charge in [0.15, 0.2) is 11.3 Å². The second-order valence-electron chi connectivity index (χ2n) is 7.56. The molecule has 2 amide bonds. The number of ether oxygens (including phenoxy) is 1. The van der Waals surface area contributed by atoms with Crippen molar-refractivity contribution in [3.05, 3.63) is 66.2 Å². The van der Waals surface area contributed by atoms with Gasteiger partial charge in [-0.05, 0) is 30.3 Å². The molecule has 6 nitrogen and oxygen atoms in total. The van der Waals surface area contributed by atoms with Gasteiger partial charge in [0.1, 0.15) is 5.82 Å². The van der Waals surface area contributed by atoms with Gasteiger partial charge < -0.3 is 15.4 Å². The molecule has 0 saturated carbocycles. The molecule has 4 aliphatic rings. The number of anilines is 3. The maximum absolute atomic E-state index is 15.3. The highest BCUT2D eigenvalue weighted by Crippen LogP contribution is 2.60. The van der Waals surface area contributed by atoms with Crippen molar-refractivity contribution in [2.45, 2.75) is 24.1 Å². The van der Waals surface area contributed by atoms with Crippen LogP contribution < -0.4 is 15.5 Å². The van der Waals surface area contributed by atoms with Gasteiger partial charge in [-0.15, -0.1) is 0 Å². The number of benzene rings is 2. The third-order valence-corrected chi connectivity index (χ3v) is 6.31. The first kappa shape index (κ1) is 15.7. The molecule has 2 N–H and O–H groups in total. The number of carbonyl (C=O) groups is 2. The van der Waals surface area contributed by atoms with E-state index in [2.05, 4.69) is 10.6 Å². The molecule has 3 atom stereocenters. The van der Waals surface area contributed by atoms with Crippen LogP contribution in [0, 0.1) is 11.7 Å². The first-order chi connectivity index (χ1) is 13.6. The van der Waals surface area contributed by atoms with Crippen LogP contribution in [0.25, 0.3) is 0 Å². The Morgan fingerprint density at radius 1 is 1.11 bits per heavy atom. The van der Waals surface area contributed by atoms with E-state index < -0.39 is 23.0 Å². The van der Waals surface area contributed by atoms with Crippen LogP contribution in [-0.4, -0.2) is 17.5 Å². The lowest BCUT2D eigenvalue weighted by Gasteiger charge is -2.54. The van der Waals surface area contributed by atoms with Crippen LogP contribution in [0.3, 0.4) is 0 Å². The standard InChI is InChI=1S/C21H16FN3O3/c22-12-4-3-7-15-18(12)21(19(27)23-13-5-1-2-6-14(13)24-21)16-9-11-28-20(16)10-8-17(26)25(15)20/h1-7,9,11,16,24H,8,10H2,(H,23,27). The highest BCUT2D eigenvalue weighted by atomic mass is 19.1. The number of nitrogens with one attached hydrogen (secondary N) is 2. The van der Waals surface area contributed by atoms with E-state index in [4.69, 9.17) is 4.74 Å². The summed E-state index contributed by atoms with van der Waals surface area (Å²) in [5.41, 5.74) is -0.572. The molecule has 1 saturated heterocycles. The number of para-hydroxylation sites is 2. The third kappa shape index (κ3) is 1.59. The Balaban J connectivity index is 1.70. The Bertz CT molecular complexity index is 1100. The zero-order chi connectivity index (χ0) is 19.1. The van der Waals surface area contributed by atoms with Crippen molar-refractivity contribution in [2.75, 3.05) is 15.5 Å². The second kappa shape index (κ2) is 4.92. The van der Waals surface area contributed by atoms with E-state index in [0.29, 0.717) is 23.5 Å². The Morgan fingerprint density at radius 2 is 1.93 bits per heavy atom. The van der Waals surface area contributed by atoms with E-state index in [1.807, 2.05) is 18.2 Å². The van der Waals surface area contributed by atoms with Crippen molar-refractivity contribution in [3.63, 3.8) is 0 Å². The largest absolute Gasteiger partial charge is 0.475 e. The lowest BCUT2D eigenvalue weighted by Crippen LogP contribution is -2.67. The molecular weight excluding hydrogens is 361 g/mol. The molecule has 140 valence electrons. The van der Waals surface area contributed by atoms with Gasteiger partial charge in [0.25, 0.3) is 5.91 Å². The van der Waals surface area contributed by atoms with E-state index in [9.17, 15) is 9.59 Å². The molecule has 6 rings (SSSR count). The van der Waals surface area contributed by atoms with Crippen molar-refractivity contribution >= 4 is 28.9 Å². The zero-order valence-electron chi connectivity index (χ0n) is 14.7. The smallest absolute Gasteiger partial charge is 0.255 e. The van der Waals surface area contributed by atoms with Crippen LogP contribution in [-0.2, 0) is 19.9 Å². The van der Waals surface area contributed by atoms with E-state index in [1.54, 1.807) is 24.3 Å². The Morgan fingerprint density at radius 3 is 2.79 bits per heavy atom. The van der Waals surface area contributed by atoms with E-state index in [0.717, 1.165) is 0 Å². The topological polar surface area (TPSA) is 70.7 Å². The number of fused-ring (bicyclic) bond motifs is 5. The van der Waals surface area contributed by atoms with Gasteiger partial charge >= 0.3 is 0 Å². The van der Waals surface area contributed by atoms with Gasteiger partial charge in [0.05, 0.1) is 29.2 Å². The van der Waals surface area contributed by atoms with Crippen LogP contribution in [0.5, 0.6) is 0 Å². The van der Waals surface area contributed by atoms with Gasteiger partial charge in [-0.2, -0.15) is 0 Å². The predicted molar refractivity (Wildman–Crippen MR) is 99.9 cm³/mol. The zero-order valence-corrected chi connectivity index (χ0v) is 14.7. The fourth-order valence-corrected chi connectivity index (χ4v) is 5.24. The number of carbonyl (C=O) groups excluding carboxylic acids is 2. The molecule has 7 heteroatoms. The van der Waals surface area contributed by atoms with E-state index >= 15 is 4.39 Å². The third-order valence-electron chi connectivity index (χ3n) is 6.31. The monoisotopic (exact) mass is 377 g/mol. The van der Waals surface area contributed by atoms with Gasteiger partial charge in [0, 0.05) is 18.4 Å². The summed E-state index contributed by atoms with van der Waals surface area (Å²) in [5, 5.41) is 6.26. The average molecular weight is 377 g/mol. The fraction of sp³-hybridized carbons (Fsp3) is 0.238. The van der Waals surface area contributed by atoms with Crippen molar-refractivity contribution < 1.29 is 18.7 Å². The number of rotatable bonds is 0. The summed E-state index contributed by atoms with van der Waals surface area (Å²) < 4.78 is 21.2. The molecule has 2 aromatic carbocycles. The summed E-state index contributed by atoms with van der Waals surface area (Å²) in [4.78, 5) is 27.8. The lowest BCUT2D eigenvalue weighted by atomic mass is 9.67. The normalized spacial score (nSPS) is 31.5. The first-order valence-corrected chi connectivity index (χ1v) is 9.23. The highest BCUT2D eigenvalue weighted by Gasteiger charge is 2.69. The Labute approximate surface area is 160 Å². The van der Waals surface area contributed by atoms with Crippen molar-refractivity contribution in [2.24, 2.45) is 5.92 Å². The van der Waals surface area contributed by atoms with Crippen molar-refractivity contribution in [1.82, 2.24) is 0 Å². The number of halogens is 1. The maximum atomic E-state index is 15.3. The molecular formula is C21H16FN3O3. The van der Waals surface area contributed by atoms with Crippen molar-refractivity contribution in [1.29, 1.82) is 0 Å². The van der Waals surface area contributed by atoms with Crippen molar-refractivity contribution in [3.8, 4) is 0 Å². The Kier molecular flexibility index (Phi) is 2.76. The quantitative estimate of drug-likeness (QED) is 0.740. The number of amides is 2. The molecule has 3 unspecified atom stereocenters. The first-order valence-electron chi connectivity index (χ1n) is 9.23. The second-order valence-corrected chi connectivity index (χ2v) is 7.56. The van der Waals surface area contributed by atoms with E-state index in [-0.39, 0.29) is 23.8 Å². The Hall–Kier alpha value is -3.35. The fourth-order valence-electron chi connectivity index (χ4n) is 5.24. The molecule has 2 aromatic rings. The molecule has 4 heterocycles. The molecule has 0 bridgehead atoms. The molecule has 1 fully saturated rings. The highest BCUT2D eigenvalue weighted by molar-refractivity contribution is 6.10. The average Bonchev–Trinajstić information content (AvgIpc) is 3.26. The molecule has 0 aliphatic carbocycles. The summed E-state index contributed by atoms with van der Waals surface area (Å²) in [7, 11) is 0. The maximum Gasteiger partial charge on any atom is 0.255 e. The van der Waals surface area contributed by atoms with Crippen LogP contribution >= 0.6 is 0 Å². The van der Waals surface area contributed by atoms with Crippen LogP contribution in [0.2, 0.25) is 0 Å². The van der Waals surface area contributed by atoms with Gasteiger partial charge in [0.2, 0.25) is 5.91 Å². The van der Waals surface area contributed by atoms with E-state index in [1.165, 1.54) is 17.2 Å². The van der Waals surface area contributed by atoms with Gasteiger partial charge in [-0.25, -0.2) is 4.39 Å². The summed E-state index contributed by atoms with van der Waals surface area (Å²) in [6, 6.07) is 11.9.